The predicted octanol–water partition coefficient (Wildman–Crippen LogP) is 3.66. The Morgan fingerprint density at radius 3 is 2.11 bits per heavy atom. The molecule has 0 radical (unpaired) electrons. The molecule has 92 valence electrons. The standard InChI is InChI=1S/C17H19N/c18-13-7-12-17(16-10-5-2-6-11-16)14-15-8-3-1-4-9-15/h1-6,8-12H,7,13-14,18H2. The highest BCUT2D eigenvalue weighted by Crippen LogP contribution is 2.20. The smallest absolute Gasteiger partial charge is 0.00230 e. The van der Waals surface area contributed by atoms with E-state index in [0.717, 1.165) is 12.8 Å². The van der Waals surface area contributed by atoms with Gasteiger partial charge in [-0.25, -0.2) is 0 Å². The molecule has 0 aromatic heterocycles. The van der Waals surface area contributed by atoms with Gasteiger partial charge in [0.15, 0.2) is 0 Å². The van der Waals surface area contributed by atoms with E-state index < -0.39 is 0 Å². The van der Waals surface area contributed by atoms with Gasteiger partial charge in [-0.15, -0.1) is 0 Å². The SMILES string of the molecule is NCCC=C(Cc1ccccc1)c1ccccc1. The molecule has 0 aliphatic heterocycles. The molecule has 0 unspecified atom stereocenters. The first-order valence-corrected chi connectivity index (χ1v) is 6.38. The summed E-state index contributed by atoms with van der Waals surface area (Å²) in [6.07, 6.45) is 4.14. The summed E-state index contributed by atoms with van der Waals surface area (Å²) in [5.41, 5.74) is 9.58. The summed E-state index contributed by atoms with van der Waals surface area (Å²) in [6.45, 7) is 0.700. The number of hydrogen-bond acceptors (Lipinski definition) is 1. The number of hydrogen-bond donors (Lipinski definition) is 1. The van der Waals surface area contributed by atoms with E-state index in [0.29, 0.717) is 6.54 Å². The van der Waals surface area contributed by atoms with Crippen LogP contribution in [0.25, 0.3) is 5.57 Å². The van der Waals surface area contributed by atoms with Gasteiger partial charge in [-0.3, -0.25) is 0 Å². The fraction of sp³-hybridized carbons (Fsp3) is 0.176. The minimum absolute atomic E-state index is 0.700. The number of benzene rings is 2. The largest absolute Gasteiger partial charge is 0.330 e. The molecule has 0 amide bonds. The first kappa shape index (κ1) is 12.6. The predicted molar refractivity (Wildman–Crippen MR) is 78.2 cm³/mol. The highest BCUT2D eigenvalue weighted by atomic mass is 14.5. The second-order valence-electron chi connectivity index (χ2n) is 4.34. The van der Waals surface area contributed by atoms with E-state index in [1.807, 2.05) is 6.07 Å². The maximum atomic E-state index is 5.60. The number of nitrogens with two attached hydrogens (primary N) is 1. The lowest BCUT2D eigenvalue weighted by Gasteiger charge is -2.08. The zero-order valence-electron chi connectivity index (χ0n) is 10.5. The van der Waals surface area contributed by atoms with Crippen LogP contribution in [0.3, 0.4) is 0 Å². The van der Waals surface area contributed by atoms with Crippen LogP contribution in [0.4, 0.5) is 0 Å². The molecule has 0 fully saturated rings. The highest BCUT2D eigenvalue weighted by Gasteiger charge is 2.02. The van der Waals surface area contributed by atoms with Crippen LogP contribution in [0, 0.1) is 0 Å². The molecule has 0 saturated carbocycles. The minimum atomic E-state index is 0.700. The molecule has 18 heavy (non-hydrogen) atoms. The van der Waals surface area contributed by atoms with Crippen LogP contribution >= 0.6 is 0 Å². The first-order chi connectivity index (χ1) is 8.90. The Morgan fingerprint density at radius 1 is 0.889 bits per heavy atom. The highest BCUT2D eigenvalue weighted by molar-refractivity contribution is 5.67. The van der Waals surface area contributed by atoms with Crippen molar-refractivity contribution in [2.75, 3.05) is 6.54 Å². The monoisotopic (exact) mass is 237 g/mol. The van der Waals surface area contributed by atoms with Gasteiger partial charge in [0.25, 0.3) is 0 Å². The van der Waals surface area contributed by atoms with Gasteiger partial charge >= 0.3 is 0 Å². The second-order valence-corrected chi connectivity index (χ2v) is 4.34. The average molecular weight is 237 g/mol. The Morgan fingerprint density at radius 2 is 1.50 bits per heavy atom. The van der Waals surface area contributed by atoms with Gasteiger partial charge in [0.05, 0.1) is 0 Å². The van der Waals surface area contributed by atoms with E-state index in [1.54, 1.807) is 0 Å². The molecule has 0 spiro atoms. The molecule has 0 heterocycles. The summed E-state index contributed by atoms with van der Waals surface area (Å²) in [5.74, 6) is 0. The van der Waals surface area contributed by atoms with Crippen molar-refractivity contribution in [3.63, 3.8) is 0 Å². The summed E-state index contributed by atoms with van der Waals surface area (Å²) in [4.78, 5) is 0. The van der Waals surface area contributed by atoms with E-state index in [9.17, 15) is 0 Å². The van der Waals surface area contributed by atoms with Crippen LogP contribution in [0.5, 0.6) is 0 Å². The van der Waals surface area contributed by atoms with Crippen molar-refractivity contribution in [1.29, 1.82) is 0 Å². The fourth-order valence-electron chi connectivity index (χ4n) is 2.02. The molecule has 0 aliphatic rings. The Balaban J connectivity index is 2.22. The van der Waals surface area contributed by atoms with Gasteiger partial charge < -0.3 is 5.73 Å². The molecule has 2 N–H and O–H groups in total. The summed E-state index contributed by atoms with van der Waals surface area (Å²) in [6, 6.07) is 21.1. The van der Waals surface area contributed by atoms with Crippen molar-refractivity contribution in [1.82, 2.24) is 0 Å². The molecule has 0 bridgehead atoms. The minimum Gasteiger partial charge on any atom is -0.330 e. The van der Waals surface area contributed by atoms with Gasteiger partial charge in [0.1, 0.15) is 0 Å². The van der Waals surface area contributed by atoms with Crippen LogP contribution < -0.4 is 5.73 Å². The fourth-order valence-corrected chi connectivity index (χ4v) is 2.02. The first-order valence-electron chi connectivity index (χ1n) is 6.38. The van der Waals surface area contributed by atoms with Crippen LogP contribution in [0.2, 0.25) is 0 Å². The lowest BCUT2D eigenvalue weighted by Crippen LogP contribution is -1.98. The maximum absolute atomic E-state index is 5.60. The molecular formula is C17H19N. The Kier molecular flexibility index (Phi) is 4.74. The van der Waals surface area contributed by atoms with E-state index >= 15 is 0 Å². The van der Waals surface area contributed by atoms with Crippen LogP contribution in [0.1, 0.15) is 17.5 Å². The van der Waals surface area contributed by atoms with Crippen molar-refractivity contribution >= 4 is 5.57 Å². The van der Waals surface area contributed by atoms with Crippen LogP contribution in [-0.4, -0.2) is 6.54 Å². The molecular weight excluding hydrogens is 218 g/mol. The molecule has 2 aromatic carbocycles. The summed E-state index contributed by atoms with van der Waals surface area (Å²) in [7, 11) is 0. The van der Waals surface area contributed by atoms with Gasteiger partial charge in [-0.05, 0) is 36.1 Å². The van der Waals surface area contributed by atoms with Gasteiger partial charge in [0.2, 0.25) is 0 Å². The molecule has 0 saturated heterocycles. The quantitative estimate of drug-likeness (QED) is 0.843. The Bertz CT molecular complexity index is 486. The van der Waals surface area contributed by atoms with Crippen LogP contribution in [-0.2, 0) is 6.42 Å². The third-order valence-electron chi connectivity index (χ3n) is 2.94. The normalized spacial score (nSPS) is 11.5. The molecule has 1 heteroatoms. The number of rotatable bonds is 5. The van der Waals surface area contributed by atoms with Crippen molar-refractivity contribution in [3.05, 3.63) is 77.9 Å². The number of allylic oxidation sites excluding steroid dienone is 1. The van der Waals surface area contributed by atoms with Crippen molar-refractivity contribution in [2.24, 2.45) is 5.73 Å². The van der Waals surface area contributed by atoms with Gasteiger partial charge in [-0.1, -0.05) is 66.7 Å². The van der Waals surface area contributed by atoms with Crippen LogP contribution in [0.15, 0.2) is 66.7 Å². The van der Waals surface area contributed by atoms with Crippen molar-refractivity contribution < 1.29 is 0 Å². The average Bonchev–Trinajstić information content (AvgIpc) is 2.45. The molecule has 0 atom stereocenters. The topological polar surface area (TPSA) is 26.0 Å². The molecule has 2 aromatic rings. The Labute approximate surface area is 109 Å². The lowest BCUT2D eigenvalue weighted by atomic mass is 9.97. The third kappa shape index (κ3) is 3.57. The van der Waals surface area contributed by atoms with Crippen molar-refractivity contribution in [3.8, 4) is 0 Å². The van der Waals surface area contributed by atoms with Crippen molar-refractivity contribution in [2.45, 2.75) is 12.8 Å². The van der Waals surface area contributed by atoms with E-state index in [1.165, 1.54) is 16.7 Å². The van der Waals surface area contributed by atoms with E-state index in [4.69, 9.17) is 5.73 Å². The van der Waals surface area contributed by atoms with Gasteiger partial charge in [-0.2, -0.15) is 0 Å². The zero-order chi connectivity index (χ0) is 12.6. The molecule has 2 rings (SSSR count). The lowest BCUT2D eigenvalue weighted by molar-refractivity contribution is 1.00. The molecule has 0 aliphatic carbocycles. The zero-order valence-corrected chi connectivity index (χ0v) is 10.5. The second kappa shape index (κ2) is 6.77. The summed E-state index contributed by atoms with van der Waals surface area (Å²) in [5, 5.41) is 0. The maximum Gasteiger partial charge on any atom is -0.00230 e. The van der Waals surface area contributed by atoms with E-state index in [-0.39, 0.29) is 0 Å². The summed E-state index contributed by atoms with van der Waals surface area (Å²) >= 11 is 0. The Hall–Kier alpha value is -1.86. The van der Waals surface area contributed by atoms with E-state index in [2.05, 4.69) is 60.7 Å². The van der Waals surface area contributed by atoms with Gasteiger partial charge in [0, 0.05) is 0 Å². The summed E-state index contributed by atoms with van der Waals surface area (Å²) < 4.78 is 0. The third-order valence-corrected chi connectivity index (χ3v) is 2.94. The molecule has 1 nitrogen and oxygen atoms in total.